The first-order valence-corrected chi connectivity index (χ1v) is 9.31. The molecular formula is C20H27N5O2. The molecule has 2 N–H and O–H groups in total. The van der Waals surface area contributed by atoms with Crippen LogP contribution in [0.3, 0.4) is 0 Å². The lowest BCUT2D eigenvalue weighted by molar-refractivity contribution is 0.233. The fraction of sp³-hybridized carbons (Fsp3) is 0.450. The molecule has 0 aliphatic carbocycles. The largest absolute Gasteiger partial charge is 0.491 e. The van der Waals surface area contributed by atoms with Crippen LogP contribution in [0, 0.1) is 13.8 Å². The van der Waals surface area contributed by atoms with Crippen molar-refractivity contribution in [3.05, 3.63) is 41.9 Å². The van der Waals surface area contributed by atoms with Crippen LogP contribution in [0.5, 0.6) is 5.75 Å². The topological polar surface area (TPSA) is 79.4 Å². The third-order valence-corrected chi connectivity index (χ3v) is 4.79. The van der Waals surface area contributed by atoms with Gasteiger partial charge < -0.3 is 15.0 Å². The van der Waals surface area contributed by atoms with Crippen molar-refractivity contribution in [2.24, 2.45) is 0 Å². The van der Waals surface area contributed by atoms with Gasteiger partial charge in [0, 0.05) is 6.04 Å². The Morgan fingerprint density at radius 3 is 2.81 bits per heavy atom. The van der Waals surface area contributed by atoms with Crippen molar-refractivity contribution in [2.45, 2.75) is 39.2 Å². The van der Waals surface area contributed by atoms with Crippen molar-refractivity contribution >= 4 is 17.5 Å². The minimum atomic E-state index is -0.376. The average molecular weight is 369 g/mol. The van der Waals surface area contributed by atoms with E-state index in [1.807, 2.05) is 32.0 Å². The van der Waals surface area contributed by atoms with Gasteiger partial charge in [0.05, 0.1) is 30.4 Å². The van der Waals surface area contributed by atoms with Crippen LogP contribution in [-0.4, -0.2) is 47.1 Å². The molecule has 144 valence electrons. The summed E-state index contributed by atoms with van der Waals surface area (Å²) in [6.07, 6.45) is 6.59. The summed E-state index contributed by atoms with van der Waals surface area (Å²) >= 11 is 0. The number of rotatable bonds is 6. The summed E-state index contributed by atoms with van der Waals surface area (Å²) < 4.78 is 5.97. The SMILES string of the molecule is Cc1ccc(OCCC2CCCN2C)c(NC(=O)Nc2cnc(C)cn2)c1. The summed E-state index contributed by atoms with van der Waals surface area (Å²) in [6.45, 7) is 5.60. The van der Waals surface area contributed by atoms with Crippen molar-refractivity contribution in [2.75, 3.05) is 30.8 Å². The number of anilines is 2. The number of carbonyl (C=O) groups excluding carboxylic acids is 1. The van der Waals surface area contributed by atoms with Gasteiger partial charge in [-0.25, -0.2) is 9.78 Å². The zero-order valence-electron chi connectivity index (χ0n) is 16.2. The van der Waals surface area contributed by atoms with Gasteiger partial charge in [0.25, 0.3) is 0 Å². The van der Waals surface area contributed by atoms with Gasteiger partial charge in [0.1, 0.15) is 5.75 Å². The molecule has 1 atom stereocenters. The monoisotopic (exact) mass is 369 g/mol. The number of nitrogens with one attached hydrogen (secondary N) is 2. The lowest BCUT2D eigenvalue weighted by Gasteiger charge is -2.20. The Hall–Kier alpha value is -2.67. The molecule has 3 rings (SSSR count). The predicted octanol–water partition coefficient (Wildman–Crippen LogP) is 3.60. The van der Waals surface area contributed by atoms with Gasteiger partial charge in [-0.1, -0.05) is 6.07 Å². The van der Waals surface area contributed by atoms with Crippen molar-refractivity contribution in [3.8, 4) is 5.75 Å². The van der Waals surface area contributed by atoms with E-state index in [1.54, 1.807) is 6.20 Å². The first-order valence-electron chi connectivity index (χ1n) is 9.31. The highest BCUT2D eigenvalue weighted by Crippen LogP contribution is 2.27. The van der Waals surface area contributed by atoms with Gasteiger partial charge in [-0.05, 0) is 64.4 Å². The molecule has 1 fully saturated rings. The molecular weight excluding hydrogens is 342 g/mol. The van der Waals surface area contributed by atoms with Crippen LogP contribution >= 0.6 is 0 Å². The highest BCUT2D eigenvalue weighted by atomic mass is 16.5. The molecule has 2 heterocycles. The molecule has 0 radical (unpaired) electrons. The van der Waals surface area contributed by atoms with E-state index in [2.05, 4.69) is 32.5 Å². The molecule has 1 aromatic heterocycles. The third kappa shape index (κ3) is 5.40. The van der Waals surface area contributed by atoms with Crippen molar-refractivity contribution < 1.29 is 9.53 Å². The van der Waals surface area contributed by atoms with E-state index in [9.17, 15) is 4.79 Å². The number of nitrogens with zero attached hydrogens (tertiary/aromatic N) is 3. The smallest absolute Gasteiger partial charge is 0.324 e. The molecule has 0 saturated carbocycles. The van der Waals surface area contributed by atoms with Crippen LogP contribution in [-0.2, 0) is 0 Å². The lowest BCUT2D eigenvalue weighted by Crippen LogP contribution is -2.26. The zero-order chi connectivity index (χ0) is 19.2. The molecule has 1 aromatic carbocycles. The Kier molecular flexibility index (Phi) is 6.24. The summed E-state index contributed by atoms with van der Waals surface area (Å²) in [6, 6.07) is 5.98. The molecule has 0 bridgehead atoms. The van der Waals surface area contributed by atoms with Gasteiger partial charge in [0.15, 0.2) is 5.82 Å². The predicted molar refractivity (Wildman–Crippen MR) is 106 cm³/mol. The second kappa shape index (κ2) is 8.81. The minimum Gasteiger partial charge on any atom is -0.491 e. The Bertz CT molecular complexity index is 778. The average Bonchev–Trinajstić information content (AvgIpc) is 3.04. The maximum atomic E-state index is 12.3. The Morgan fingerprint density at radius 2 is 2.11 bits per heavy atom. The van der Waals surface area contributed by atoms with Gasteiger partial charge in [-0.3, -0.25) is 10.3 Å². The molecule has 1 aliphatic rings. The summed E-state index contributed by atoms with van der Waals surface area (Å²) in [5.41, 5.74) is 2.49. The first kappa shape index (κ1) is 19.1. The quantitative estimate of drug-likeness (QED) is 0.813. The number of aryl methyl sites for hydroxylation is 2. The molecule has 0 spiro atoms. The lowest BCUT2D eigenvalue weighted by atomic mass is 10.1. The van der Waals surface area contributed by atoms with E-state index >= 15 is 0 Å². The standard InChI is InChI=1S/C20H27N5O2/c1-14-6-7-18(27-10-8-16-5-4-9-25(16)3)17(11-14)23-20(26)24-19-13-21-15(2)12-22-19/h6-7,11-13,16H,4-5,8-10H2,1-3H3,(H2,22,23,24,26). The van der Waals surface area contributed by atoms with Crippen LogP contribution < -0.4 is 15.4 Å². The Balaban J connectivity index is 1.59. The van der Waals surface area contributed by atoms with E-state index in [0.717, 1.165) is 24.2 Å². The van der Waals surface area contributed by atoms with Gasteiger partial charge >= 0.3 is 6.03 Å². The second-order valence-corrected chi connectivity index (χ2v) is 7.04. The minimum absolute atomic E-state index is 0.376. The van der Waals surface area contributed by atoms with Crippen molar-refractivity contribution in [1.29, 1.82) is 0 Å². The van der Waals surface area contributed by atoms with Crippen molar-refractivity contribution in [3.63, 3.8) is 0 Å². The van der Waals surface area contributed by atoms with E-state index in [1.165, 1.54) is 19.0 Å². The number of ether oxygens (including phenoxy) is 1. The number of hydrogen-bond acceptors (Lipinski definition) is 5. The van der Waals surface area contributed by atoms with Gasteiger partial charge in [0.2, 0.25) is 0 Å². The number of hydrogen-bond donors (Lipinski definition) is 2. The molecule has 1 unspecified atom stereocenters. The van der Waals surface area contributed by atoms with Crippen LogP contribution in [0.2, 0.25) is 0 Å². The summed E-state index contributed by atoms with van der Waals surface area (Å²) in [5, 5.41) is 5.53. The number of benzene rings is 1. The summed E-state index contributed by atoms with van der Waals surface area (Å²) in [5.74, 6) is 1.07. The maximum absolute atomic E-state index is 12.3. The Morgan fingerprint density at radius 1 is 1.26 bits per heavy atom. The molecule has 7 heteroatoms. The molecule has 27 heavy (non-hydrogen) atoms. The molecule has 1 aliphatic heterocycles. The van der Waals surface area contributed by atoms with E-state index in [4.69, 9.17) is 4.74 Å². The molecule has 1 saturated heterocycles. The number of aromatic nitrogens is 2. The summed E-state index contributed by atoms with van der Waals surface area (Å²) in [7, 11) is 2.16. The highest BCUT2D eigenvalue weighted by Gasteiger charge is 2.20. The van der Waals surface area contributed by atoms with Crippen molar-refractivity contribution in [1.82, 2.24) is 14.9 Å². The number of likely N-dealkylation sites (tertiary alicyclic amines) is 1. The van der Waals surface area contributed by atoms with Crippen LogP contribution in [0.4, 0.5) is 16.3 Å². The maximum Gasteiger partial charge on any atom is 0.324 e. The number of urea groups is 1. The second-order valence-electron chi connectivity index (χ2n) is 7.04. The highest BCUT2D eigenvalue weighted by molar-refractivity contribution is 6.00. The summed E-state index contributed by atoms with van der Waals surface area (Å²) in [4.78, 5) is 22.9. The molecule has 7 nitrogen and oxygen atoms in total. The van der Waals surface area contributed by atoms with Crippen LogP contribution in [0.15, 0.2) is 30.6 Å². The zero-order valence-corrected chi connectivity index (χ0v) is 16.2. The number of amides is 2. The van der Waals surface area contributed by atoms with Crippen LogP contribution in [0.25, 0.3) is 0 Å². The Labute approximate surface area is 160 Å². The van der Waals surface area contributed by atoms with E-state index < -0.39 is 0 Å². The number of carbonyl (C=O) groups is 1. The van der Waals surface area contributed by atoms with E-state index in [-0.39, 0.29) is 6.03 Å². The van der Waals surface area contributed by atoms with Gasteiger partial charge in [-0.2, -0.15) is 0 Å². The van der Waals surface area contributed by atoms with Crippen LogP contribution in [0.1, 0.15) is 30.5 Å². The van der Waals surface area contributed by atoms with Gasteiger partial charge in [-0.15, -0.1) is 0 Å². The first-order chi connectivity index (χ1) is 13.0. The normalized spacial score (nSPS) is 16.9. The third-order valence-electron chi connectivity index (χ3n) is 4.79. The fourth-order valence-corrected chi connectivity index (χ4v) is 3.24. The molecule has 2 aromatic rings. The molecule has 2 amide bonds. The fourth-order valence-electron chi connectivity index (χ4n) is 3.24. The van der Waals surface area contributed by atoms with E-state index in [0.29, 0.717) is 29.9 Å².